The average molecular weight is 343 g/mol. The number of rotatable bonds is 3. The maximum absolute atomic E-state index is 12.7. The van der Waals surface area contributed by atoms with Gasteiger partial charge in [0.25, 0.3) is 0 Å². The minimum atomic E-state index is -0.00279. The van der Waals surface area contributed by atoms with E-state index in [4.69, 9.17) is 0 Å². The van der Waals surface area contributed by atoms with Crippen LogP contribution in [-0.2, 0) is 11.3 Å². The van der Waals surface area contributed by atoms with E-state index in [1.54, 1.807) is 0 Å². The molecule has 0 unspecified atom stereocenters. The number of benzene rings is 1. The van der Waals surface area contributed by atoms with Gasteiger partial charge in [0, 0.05) is 39.1 Å². The number of nitrogens with zero attached hydrogens (tertiary/aromatic N) is 3. The van der Waals surface area contributed by atoms with Gasteiger partial charge in [0.2, 0.25) is 5.91 Å². The second kappa shape index (κ2) is 6.70. The van der Waals surface area contributed by atoms with Crippen LogP contribution in [0.5, 0.6) is 0 Å². The first-order chi connectivity index (χ1) is 11.7. The second-order valence-corrected chi connectivity index (χ2v) is 8.57. The molecule has 0 spiro atoms. The molecule has 0 aliphatic carbocycles. The molecule has 2 fully saturated rings. The first-order valence-electron chi connectivity index (χ1n) is 9.12. The molecule has 1 atom stereocenters. The zero-order valence-electron chi connectivity index (χ0n) is 15.8. The summed E-state index contributed by atoms with van der Waals surface area (Å²) in [5, 5.41) is 0. The number of urea groups is 1. The Balaban J connectivity index is 1.62. The zero-order chi connectivity index (χ0) is 18.2. The van der Waals surface area contributed by atoms with E-state index in [9.17, 15) is 9.59 Å². The van der Waals surface area contributed by atoms with Crippen molar-refractivity contribution in [2.75, 3.05) is 26.2 Å². The van der Waals surface area contributed by atoms with Gasteiger partial charge in [0.05, 0.1) is 6.04 Å². The van der Waals surface area contributed by atoms with Crippen molar-refractivity contribution in [3.05, 3.63) is 35.4 Å². The standard InChI is InChI=1S/C20H29N3O2/c1-15-5-7-16(8-6-15)12-22-14-17-13-21(9-10-23(17)19(22)25)18(24)11-20(2,3)4/h5-8,17H,9-14H2,1-4H3/t17-/m1/s1. The summed E-state index contributed by atoms with van der Waals surface area (Å²) in [7, 11) is 0. The number of aryl methyl sites for hydroxylation is 1. The van der Waals surface area contributed by atoms with Gasteiger partial charge in [-0.3, -0.25) is 4.79 Å². The summed E-state index contributed by atoms with van der Waals surface area (Å²) in [4.78, 5) is 31.0. The number of carbonyl (C=O) groups is 2. The lowest BCUT2D eigenvalue weighted by atomic mass is 9.91. The summed E-state index contributed by atoms with van der Waals surface area (Å²) in [5.74, 6) is 0.205. The molecular weight excluding hydrogens is 314 g/mol. The molecule has 3 rings (SSSR count). The fourth-order valence-electron chi connectivity index (χ4n) is 3.62. The Bertz CT molecular complexity index is 648. The van der Waals surface area contributed by atoms with Crippen molar-refractivity contribution in [2.45, 2.75) is 46.7 Å². The Hall–Kier alpha value is -2.04. The lowest BCUT2D eigenvalue weighted by Gasteiger charge is -2.37. The van der Waals surface area contributed by atoms with Gasteiger partial charge in [0.15, 0.2) is 0 Å². The number of amides is 3. The normalized spacial score (nSPS) is 20.9. The molecule has 3 amide bonds. The first-order valence-corrected chi connectivity index (χ1v) is 9.12. The molecule has 2 aliphatic rings. The molecule has 0 radical (unpaired) electrons. The van der Waals surface area contributed by atoms with Gasteiger partial charge in [0.1, 0.15) is 0 Å². The van der Waals surface area contributed by atoms with Crippen LogP contribution in [0.4, 0.5) is 4.79 Å². The summed E-state index contributed by atoms with van der Waals surface area (Å²) in [6.07, 6.45) is 0.556. The predicted molar refractivity (Wildman–Crippen MR) is 98.1 cm³/mol. The Kier molecular flexibility index (Phi) is 4.76. The lowest BCUT2D eigenvalue weighted by molar-refractivity contribution is -0.135. The van der Waals surface area contributed by atoms with Gasteiger partial charge in [-0.25, -0.2) is 4.79 Å². The van der Waals surface area contributed by atoms with Crippen molar-refractivity contribution in [1.82, 2.24) is 14.7 Å². The summed E-state index contributed by atoms with van der Waals surface area (Å²) in [6, 6.07) is 8.55. The number of hydrogen-bond acceptors (Lipinski definition) is 2. The average Bonchev–Trinajstić information content (AvgIpc) is 2.83. The SMILES string of the molecule is Cc1ccc(CN2C[C@H]3CN(C(=O)CC(C)(C)C)CCN3C2=O)cc1. The van der Waals surface area contributed by atoms with E-state index in [0.29, 0.717) is 39.1 Å². The largest absolute Gasteiger partial charge is 0.339 e. The van der Waals surface area contributed by atoms with E-state index in [-0.39, 0.29) is 23.4 Å². The van der Waals surface area contributed by atoms with E-state index < -0.39 is 0 Å². The Morgan fingerprint density at radius 2 is 1.80 bits per heavy atom. The molecule has 2 saturated heterocycles. The highest BCUT2D eigenvalue weighted by Gasteiger charge is 2.41. The minimum Gasteiger partial charge on any atom is -0.339 e. The first kappa shape index (κ1) is 17.8. The maximum Gasteiger partial charge on any atom is 0.320 e. The number of fused-ring (bicyclic) bond motifs is 1. The second-order valence-electron chi connectivity index (χ2n) is 8.57. The fraction of sp³-hybridized carbons (Fsp3) is 0.600. The van der Waals surface area contributed by atoms with Crippen LogP contribution in [-0.4, -0.2) is 58.9 Å². The molecule has 2 aliphatic heterocycles. The van der Waals surface area contributed by atoms with Crippen molar-refractivity contribution in [1.29, 1.82) is 0 Å². The van der Waals surface area contributed by atoms with Crippen molar-refractivity contribution >= 4 is 11.9 Å². The van der Waals surface area contributed by atoms with Crippen LogP contribution in [0.25, 0.3) is 0 Å². The zero-order valence-corrected chi connectivity index (χ0v) is 15.8. The van der Waals surface area contributed by atoms with Crippen LogP contribution in [0, 0.1) is 12.3 Å². The van der Waals surface area contributed by atoms with Crippen LogP contribution in [0.15, 0.2) is 24.3 Å². The Labute approximate surface area is 150 Å². The highest BCUT2D eigenvalue weighted by atomic mass is 16.2. The van der Waals surface area contributed by atoms with Gasteiger partial charge < -0.3 is 14.7 Å². The molecule has 1 aromatic rings. The van der Waals surface area contributed by atoms with Crippen LogP contribution >= 0.6 is 0 Å². The van der Waals surface area contributed by atoms with Crippen LogP contribution in [0.3, 0.4) is 0 Å². The number of hydrogen-bond donors (Lipinski definition) is 0. The number of carbonyl (C=O) groups excluding carboxylic acids is 2. The molecule has 0 N–H and O–H groups in total. The summed E-state index contributed by atoms with van der Waals surface area (Å²) >= 11 is 0. The fourth-order valence-corrected chi connectivity index (χ4v) is 3.62. The molecule has 1 aromatic carbocycles. The molecule has 25 heavy (non-hydrogen) atoms. The smallest absolute Gasteiger partial charge is 0.320 e. The molecule has 0 aromatic heterocycles. The van der Waals surface area contributed by atoms with Gasteiger partial charge in [-0.2, -0.15) is 0 Å². The summed E-state index contributed by atoms with van der Waals surface area (Å²) in [6.45, 7) is 11.6. The van der Waals surface area contributed by atoms with E-state index in [2.05, 4.69) is 52.0 Å². The topological polar surface area (TPSA) is 43.9 Å². The summed E-state index contributed by atoms with van der Waals surface area (Å²) < 4.78 is 0. The lowest BCUT2D eigenvalue weighted by Crippen LogP contribution is -2.54. The monoisotopic (exact) mass is 343 g/mol. The van der Waals surface area contributed by atoms with Gasteiger partial charge >= 0.3 is 6.03 Å². The van der Waals surface area contributed by atoms with Crippen LogP contribution < -0.4 is 0 Å². The molecule has 0 bridgehead atoms. The van der Waals surface area contributed by atoms with Gasteiger partial charge in [-0.15, -0.1) is 0 Å². The van der Waals surface area contributed by atoms with E-state index >= 15 is 0 Å². The summed E-state index contributed by atoms with van der Waals surface area (Å²) in [5.41, 5.74) is 2.37. The predicted octanol–water partition coefficient (Wildman–Crippen LogP) is 2.88. The van der Waals surface area contributed by atoms with Crippen molar-refractivity contribution in [3.8, 4) is 0 Å². The van der Waals surface area contributed by atoms with E-state index in [1.165, 1.54) is 5.56 Å². The molecule has 5 heteroatoms. The quantitative estimate of drug-likeness (QED) is 0.847. The minimum absolute atomic E-state index is 0.00279. The van der Waals surface area contributed by atoms with Crippen molar-refractivity contribution in [3.63, 3.8) is 0 Å². The molecule has 5 nitrogen and oxygen atoms in total. The number of piperazine rings is 1. The maximum atomic E-state index is 12.7. The van der Waals surface area contributed by atoms with Crippen molar-refractivity contribution in [2.24, 2.45) is 5.41 Å². The third-order valence-corrected chi connectivity index (χ3v) is 4.96. The molecular formula is C20H29N3O2. The van der Waals surface area contributed by atoms with Crippen LogP contribution in [0.1, 0.15) is 38.3 Å². The highest BCUT2D eigenvalue weighted by molar-refractivity contribution is 5.80. The third-order valence-electron chi connectivity index (χ3n) is 4.96. The van der Waals surface area contributed by atoms with Crippen molar-refractivity contribution < 1.29 is 9.59 Å². The van der Waals surface area contributed by atoms with E-state index in [1.807, 2.05) is 14.7 Å². The highest BCUT2D eigenvalue weighted by Crippen LogP contribution is 2.25. The Morgan fingerprint density at radius 3 is 2.44 bits per heavy atom. The van der Waals surface area contributed by atoms with Gasteiger partial charge in [-0.1, -0.05) is 50.6 Å². The van der Waals surface area contributed by atoms with Crippen LogP contribution in [0.2, 0.25) is 0 Å². The molecule has 0 saturated carbocycles. The Morgan fingerprint density at radius 1 is 1.12 bits per heavy atom. The van der Waals surface area contributed by atoms with E-state index in [0.717, 1.165) is 5.56 Å². The molecule has 136 valence electrons. The molecule has 2 heterocycles. The van der Waals surface area contributed by atoms with Gasteiger partial charge in [-0.05, 0) is 17.9 Å². The third kappa shape index (κ3) is 4.14.